The van der Waals surface area contributed by atoms with Gasteiger partial charge in [0.05, 0.1) is 12.7 Å². The van der Waals surface area contributed by atoms with Crippen molar-refractivity contribution in [1.29, 1.82) is 0 Å². The fourth-order valence-corrected chi connectivity index (χ4v) is 2.91. The highest BCUT2D eigenvalue weighted by molar-refractivity contribution is 14.1. The van der Waals surface area contributed by atoms with Gasteiger partial charge in [-0.05, 0) is 25.2 Å². The number of halogens is 1. The third-order valence-electron chi connectivity index (χ3n) is 3.16. The Bertz CT molecular complexity index is 410. The zero-order valence-electron chi connectivity index (χ0n) is 10.5. The highest BCUT2D eigenvalue weighted by Gasteiger charge is 2.07. The summed E-state index contributed by atoms with van der Waals surface area (Å²) in [7, 11) is 0. The molecule has 0 fully saturated rings. The van der Waals surface area contributed by atoms with Crippen molar-refractivity contribution in [3.05, 3.63) is 37.4 Å². The number of aryl methyl sites for hydroxylation is 2. The van der Waals surface area contributed by atoms with Gasteiger partial charge in [-0.3, -0.25) is 0 Å². The molecule has 2 aromatic rings. The van der Waals surface area contributed by atoms with Crippen LogP contribution < -0.4 is 0 Å². The highest BCUT2D eigenvalue weighted by atomic mass is 127. The Kier molecular flexibility index (Phi) is 5.70. The monoisotopic (exact) mass is 358 g/mol. The predicted molar refractivity (Wildman–Crippen MR) is 80.7 cm³/mol. The minimum atomic E-state index is 0.802. The molecule has 0 aliphatic carbocycles. The number of nitrogens with zero attached hydrogens (tertiary/aromatic N) is 4. The van der Waals surface area contributed by atoms with Crippen molar-refractivity contribution in [2.45, 2.75) is 32.4 Å². The van der Waals surface area contributed by atoms with E-state index in [1.165, 1.54) is 23.7 Å². The molecule has 2 heterocycles. The molecule has 0 radical (unpaired) electrons. The first-order chi connectivity index (χ1) is 8.88. The molecule has 1 atom stereocenters. The molecule has 2 aromatic heterocycles. The van der Waals surface area contributed by atoms with Crippen LogP contribution in [0.1, 0.15) is 19.3 Å². The van der Waals surface area contributed by atoms with E-state index in [-0.39, 0.29) is 0 Å². The summed E-state index contributed by atoms with van der Waals surface area (Å²) in [6, 6.07) is 0. The van der Waals surface area contributed by atoms with Crippen LogP contribution in [0.3, 0.4) is 0 Å². The zero-order valence-corrected chi connectivity index (χ0v) is 12.6. The molecule has 0 N–H and O–H groups in total. The number of aromatic nitrogens is 4. The Balaban J connectivity index is 1.65. The average molecular weight is 358 g/mol. The van der Waals surface area contributed by atoms with Gasteiger partial charge in [-0.1, -0.05) is 22.6 Å². The maximum absolute atomic E-state index is 4.07. The van der Waals surface area contributed by atoms with E-state index in [0.29, 0.717) is 0 Å². The van der Waals surface area contributed by atoms with Crippen LogP contribution in [0, 0.1) is 5.92 Å². The Hall–Kier alpha value is -0.850. The molecule has 0 aromatic carbocycles. The van der Waals surface area contributed by atoms with E-state index < -0.39 is 0 Å². The molecule has 0 aliphatic heterocycles. The summed E-state index contributed by atoms with van der Waals surface area (Å²) >= 11 is 2.50. The van der Waals surface area contributed by atoms with Gasteiger partial charge >= 0.3 is 0 Å². The Morgan fingerprint density at radius 3 is 2.17 bits per heavy atom. The number of alkyl halides is 1. The number of imidazole rings is 2. The van der Waals surface area contributed by atoms with Crippen molar-refractivity contribution in [2.75, 3.05) is 4.43 Å². The van der Waals surface area contributed by atoms with Crippen molar-refractivity contribution >= 4 is 22.6 Å². The van der Waals surface area contributed by atoms with Crippen molar-refractivity contribution in [1.82, 2.24) is 19.1 Å². The first kappa shape index (κ1) is 13.6. The van der Waals surface area contributed by atoms with Gasteiger partial charge in [0.25, 0.3) is 0 Å². The molecule has 0 aliphatic rings. The summed E-state index contributed by atoms with van der Waals surface area (Å²) in [4.78, 5) is 8.13. The molecule has 0 saturated carbocycles. The van der Waals surface area contributed by atoms with E-state index in [9.17, 15) is 0 Å². The minimum absolute atomic E-state index is 0.802. The topological polar surface area (TPSA) is 35.6 Å². The third kappa shape index (κ3) is 4.44. The second-order valence-electron chi connectivity index (χ2n) is 4.55. The fourth-order valence-electron chi connectivity index (χ4n) is 2.03. The summed E-state index contributed by atoms with van der Waals surface area (Å²) in [5.74, 6) is 0.802. The van der Waals surface area contributed by atoms with Gasteiger partial charge in [-0.15, -0.1) is 0 Å². The SMILES string of the molecule is ICC(CCCn1ccnc1)CCn1ccnc1. The molecule has 18 heavy (non-hydrogen) atoms. The quantitative estimate of drug-likeness (QED) is 0.537. The predicted octanol–water partition coefficient (Wildman–Crippen LogP) is 3.00. The van der Waals surface area contributed by atoms with Crippen molar-refractivity contribution < 1.29 is 0 Å². The van der Waals surface area contributed by atoms with Gasteiger partial charge in [0.2, 0.25) is 0 Å². The normalized spacial score (nSPS) is 12.7. The molecule has 0 bridgehead atoms. The van der Waals surface area contributed by atoms with E-state index in [0.717, 1.165) is 19.0 Å². The van der Waals surface area contributed by atoms with Gasteiger partial charge in [0.15, 0.2) is 0 Å². The molecule has 0 amide bonds. The largest absolute Gasteiger partial charge is 0.337 e. The average Bonchev–Trinajstić information content (AvgIpc) is 3.06. The van der Waals surface area contributed by atoms with Gasteiger partial charge in [-0.2, -0.15) is 0 Å². The first-order valence-electron chi connectivity index (χ1n) is 6.36. The lowest BCUT2D eigenvalue weighted by Crippen LogP contribution is -2.08. The highest BCUT2D eigenvalue weighted by Crippen LogP contribution is 2.16. The van der Waals surface area contributed by atoms with Crippen LogP contribution in [-0.2, 0) is 13.1 Å². The maximum Gasteiger partial charge on any atom is 0.0945 e. The molecule has 0 spiro atoms. The molecule has 5 heteroatoms. The summed E-state index contributed by atoms with van der Waals surface area (Å²) in [5.41, 5.74) is 0. The Morgan fingerprint density at radius 1 is 0.944 bits per heavy atom. The van der Waals surface area contributed by atoms with E-state index in [2.05, 4.69) is 41.7 Å². The molecule has 1 unspecified atom stereocenters. The number of hydrogen-bond acceptors (Lipinski definition) is 2. The summed E-state index contributed by atoms with van der Waals surface area (Å²) in [5, 5.41) is 0. The molecule has 0 saturated heterocycles. The second-order valence-corrected chi connectivity index (χ2v) is 5.43. The second kappa shape index (κ2) is 7.56. The van der Waals surface area contributed by atoms with Gasteiger partial charge < -0.3 is 9.13 Å². The zero-order chi connectivity index (χ0) is 12.6. The van der Waals surface area contributed by atoms with Crippen LogP contribution in [0.15, 0.2) is 37.4 Å². The van der Waals surface area contributed by atoms with E-state index in [1.807, 2.05) is 37.4 Å². The molecular formula is C13H19IN4. The van der Waals surface area contributed by atoms with Crippen molar-refractivity contribution in [3.8, 4) is 0 Å². The van der Waals surface area contributed by atoms with Gasteiger partial charge in [0, 0.05) is 42.3 Å². The summed E-state index contributed by atoms with van der Waals surface area (Å²) < 4.78 is 5.55. The van der Waals surface area contributed by atoms with Gasteiger partial charge in [-0.25, -0.2) is 9.97 Å². The van der Waals surface area contributed by atoms with Crippen LogP contribution in [0.4, 0.5) is 0 Å². The lowest BCUT2D eigenvalue weighted by molar-refractivity contribution is 0.434. The fraction of sp³-hybridized carbons (Fsp3) is 0.538. The first-order valence-corrected chi connectivity index (χ1v) is 7.88. The number of hydrogen-bond donors (Lipinski definition) is 0. The van der Waals surface area contributed by atoms with Crippen LogP contribution in [0.2, 0.25) is 0 Å². The van der Waals surface area contributed by atoms with Gasteiger partial charge in [0.1, 0.15) is 0 Å². The standard InChI is InChI=1S/C13H19IN4/c14-10-13(3-7-18-9-5-16-12-18)2-1-6-17-8-4-15-11-17/h4-5,8-9,11-13H,1-3,6-7,10H2. The van der Waals surface area contributed by atoms with E-state index in [1.54, 1.807) is 0 Å². The van der Waals surface area contributed by atoms with Crippen molar-refractivity contribution in [2.24, 2.45) is 5.92 Å². The van der Waals surface area contributed by atoms with E-state index >= 15 is 0 Å². The third-order valence-corrected chi connectivity index (χ3v) is 4.41. The van der Waals surface area contributed by atoms with Crippen LogP contribution >= 0.6 is 22.6 Å². The van der Waals surface area contributed by atoms with Crippen LogP contribution in [0.25, 0.3) is 0 Å². The Morgan fingerprint density at radius 2 is 1.61 bits per heavy atom. The molecular weight excluding hydrogens is 339 g/mol. The molecule has 4 nitrogen and oxygen atoms in total. The maximum atomic E-state index is 4.07. The lowest BCUT2D eigenvalue weighted by atomic mass is 10.0. The van der Waals surface area contributed by atoms with Crippen molar-refractivity contribution in [3.63, 3.8) is 0 Å². The smallest absolute Gasteiger partial charge is 0.0945 e. The molecule has 98 valence electrons. The van der Waals surface area contributed by atoms with Crippen LogP contribution in [-0.4, -0.2) is 23.5 Å². The van der Waals surface area contributed by atoms with E-state index in [4.69, 9.17) is 0 Å². The lowest BCUT2D eigenvalue weighted by Gasteiger charge is -2.14. The minimum Gasteiger partial charge on any atom is -0.337 e. The molecule has 2 rings (SSSR count). The Labute approximate surface area is 122 Å². The number of rotatable bonds is 8. The van der Waals surface area contributed by atoms with Crippen LogP contribution in [0.5, 0.6) is 0 Å². The summed E-state index contributed by atoms with van der Waals surface area (Å²) in [6.45, 7) is 2.16. The summed E-state index contributed by atoms with van der Waals surface area (Å²) in [6.07, 6.45) is 15.3.